The van der Waals surface area contributed by atoms with Crippen LogP contribution in [-0.4, -0.2) is 16.3 Å². The summed E-state index contributed by atoms with van der Waals surface area (Å²) in [5.74, 6) is 0. The fourth-order valence-corrected chi connectivity index (χ4v) is 2.68. The van der Waals surface area contributed by atoms with Gasteiger partial charge >= 0.3 is 0 Å². The first-order chi connectivity index (χ1) is 9.04. The van der Waals surface area contributed by atoms with Gasteiger partial charge in [-0.2, -0.15) is 5.10 Å². The van der Waals surface area contributed by atoms with Crippen LogP contribution in [0.5, 0.6) is 0 Å². The van der Waals surface area contributed by atoms with Crippen molar-refractivity contribution in [3.63, 3.8) is 0 Å². The summed E-state index contributed by atoms with van der Waals surface area (Å²) in [5.41, 5.74) is 4.48. The molecule has 1 heterocycles. The van der Waals surface area contributed by atoms with Crippen molar-refractivity contribution in [2.24, 2.45) is 0 Å². The van der Waals surface area contributed by atoms with E-state index in [1.807, 2.05) is 11.6 Å². The maximum atomic E-state index is 4.61. The minimum atomic E-state index is 0.835. The maximum Gasteiger partial charge on any atom is 0.0743 e. The van der Waals surface area contributed by atoms with Gasteiger partial charge in [0.05, 0.1) is 21.5 Å². The summed E-state index contributed by atoms with van der Waals surface area (Å²) in [5, 5.41) is 7.97. The predicted molar refractivity (Wildman–Crippen MR) is 85.8 cm³/mol. The lowest BCUT2D eigenvalue weighted by Crippen LogP contribution is -2.14. The number of halogens is 2. The predicted octanol–water partition coefficient (Wildman–Crippen LogP) is 4.12. The first-order valence-electron chi connectivity index (χ1n) is 6.25. The van der Waals surface area contributed by atoms with Gasteiger partial charge in [-0.05, 0) is 60.1 Å². The fraction of sp³-hybridized carbons (Fsp3) is 0.357. The van der Waals surface area contributed by atoms with Gasteiger partial charge in [0.25, 0.3) is 0 Å². The van der Waals surface area contributed by atoms with Crippen molar-refractivity contribution in [2.45, 2.75) is 27.3 Å². The van der Waals surface area contributed by atoms with Crippen LogP contribution in [0.25, 0.3) is 5.69 Å². The minimum Gasteiger partial charge on any atom is -0.313 e. The van der Waals surface area contributed by atoms with Crippen molar-refractivity contribution < 1.29 is 0 Å². The van der Waals surface area contributed by atoms with Crippen LogP contribution in [0.2, 0.25) is 0 Å². The summed E-state index contributed by atoms with van der Waals surface area (Å²) in [6, 6.07) is 6.29. The smallest absolute Gasteiger partial charge is 0.0743 e. The molecule has 0 unspecified atom stereocenters. The fourth-order valence-electron chi connectivity index (χ4n) is 2.02. The number of hydrogen-bond acceptors (Lipinski definition) is 2. The van der Waals surface area contributed by atoms with E-state index in [2.05, 4.69) is 74.3 Å². The zero-order chi connectivity index (χ0) is 14.0. The average Bonchev–Trinajstić information content (AvgIpc) is 2.64. The van der Waals surface area contributed by atoms with E-state index in [4.69, 9.17) is 0 Å². The number of benzene rings is 1. The Morgan fingerprint density at radius 2 is 2.00 bits per heavy atom. The second-order valence-electron chi connectivity index (χ2n) is 4.45. The van der Waals surface area contributed by atoms with E-state index in [-0.39, 0.29) is 0 Å². The molecule has 0 amide bonds. The molecule has 19 heavy (non-hydrogen) atoms. The van der Waals surface area contributed by atoms with Gasteiger partial charge < -0.3 is 5.32 Å². The molecule has 0 saturated heterocycles. The van der Waals surface area contributed by atoms with Crippen molar-refractivity contribution in [3.8, 4) is 5.69 Å². The van der Waals surface area contributed by atoms with E-state index >= 15 is 0 Å². The third-order valence-electron chi connectivity index (χ3n) is 3.04. The molecule has 0 aliphatic carbocycles. The van der Waals surface area contributed by atoms with Gasteiger partial charge in [0.15, 0.2) is 0 Å². The summed E-state index contributed by atoms with van der Waals surface area (Å²) in [4.78, 5) is 0. The molecule has 0 aliphatic heterocycles. The second kappa shape index (κ2) is 6.20. The molecule has 0 atom stereocenters. The van der Waals surface area contributed by atoms with Crippen LogP contribution in [0, 0.1) is 13.8 Å². The van der Waals surface area contributed by atoms with Crippen molar-refractivity contribution >= 4 is 31.9 Å². The van der Waals surface area contributed by atoms with E-state index in [0.29, 0.717) is 0 Å². The molecule has 1 aromatic heterocycles. The van der Waals surface area contributed by atoms with Crippen LogP contribution in [0.1, 0.15) is 23.9 Å². The molecular formula is C14H17Br2N3. The highest BCUT2D eigenvalue weighted by atomic mass is 79.9. The molecule has 0 bridgehead atoms. The SMILES string of the molecule is CCNCc1cc(Br)ccc1-n1nc(C)c(Br)c1C. The van der Waals surface area contributed by atoms with Crippen molar-refractivity contribution in [2.75, 3.05) is 6.54 Å². The molecule has 3 nitrogen and oxygen atoms in total. The maximum absolute atomic E-state index is 4.61. The largest absolute Gasteiger partial charge is 0.313 e. The Kier molecular flexibility index (Phi) is 4.81. The highest BCUT2D eigenvalue weighted by molar-refractivity contribution is 9.10. The van der Waals surface area contributed by atoms with Gasteiger partial charge in [0.1, 0.15) is 0 Å². The van der Waals surface area contributed by atoms with Crippen LogP contribution in [-0.2, 0) is 6.54 Å². The normalized spacial score (nSPS) is 11.0. The number of aromatic nitrogens is 2. The molecule has 2 rings (SSSR count). The molecule has 0 saturated carbocycles. The molecule has 0 fully saturated rings. The molecule has 5 heteroatoms. The van der Waals surface area contributed by atoms with Gasteiger partial charge in [-0.15, -0.1) is 0 Å². The van der Waals surface area contributed by atoms with Crippen molar-refractivity contribution in [3.05, 3.63) is 44.1 Å². The molecule has 0 radical (unpaired) electrons. The highest BCUT2D eigenvalue weighted by Crippen LogP contribution is 2.26. The van der Waals surface area contributed by atoms with Gasteiger partial charge in [0.2, 0.25) is 0 Å². The second-order valence-corrected chi connectivity index (χ2v) is 6.16. The quantitative estimate of drug-likeness (QED) is 0.856. The first kappa shape index (κ1) is 14.8. The number of nitrogens with zero attached hydrogens (tertiary/aromatic N) is 2. The lowest BCUT2D eigenvalue weighted by molar-refractivity contribution is 0.713. The Morgan fingerprint density at radius 3 is 2.58 bits per heavy atom. The van der Waals surface area contributed by atoms with Crippen molar-refractivity contribution in [1.82, 2.24) is 15.1 Å². The Labute approximate surface area is 130 Å². The van der Waals surface area contributed by atoms with Crippen LogP contribution >= 0.6 is 31.9 Å². The van der Waals surface area contributed by atoms with Crippen LogP contribution in [0.3, 0.4) is 0 Å². The monoisotopic (exact) mass is 385 g/mol. The summed E-state index contributed by atoms with van der Waals surface area (Å²) < 4.78 is 4.16. The third kappa shape index (κ3) is 3.09. The molecule has 1 N–H and O–H groups in total. The Balaban J connectivity index is 2.51. The van der Waals surface area contributed by atoms with Crippen LogP contribution in [0.15, 0.2) is 27.1 Å². The molecule has 1 aromatic carbocycles. The summed E-state index contributed by atoms with van der Waals surface area (Å²) in [6.07, 6.45) is 0. The zero-order valence-electron chi connectivity index (χ0n) is 11.3. The molecular weight excluding hydrogens is 370 g/mol. The Morgan fingerprint density at radius 1 is 1.26 bits per heavy atom. The zero-order valence-corrected chi connectivity index (χ0v) is 14.5. The Bertz CT molecular complexity index is 591. The van der Waals surface area contributed by atoms with E-state index in [1.54, 1.807) is 0 Å². The molecule has 102 valence electrons. The lowest BCUT2D eigenvalue weighted by Gasteiger charge is -2.12. The number of nitrogens with one attached hydrogen (secondary N) is 1. The number of aryl methyl sites for hydroxylation is 1. The average molecular weight is 387 g/mol. The number of hydrogen-bond donors (Lipinski definition) is 1. The summed E-state index contributed by atoms with van der Waals surface area (Å²) in [7, 11) is 0. The minimum absolute atomic E-state index is 0.835. The highest BCUT2D eigenvalue weighted by Gasteiger charge is 2.13. The van der Waals surface area contributed by atoms with Gasteiger partial charge in [-0.1, -0.05) is 22.9 Å². The van der Waals surface area contributed by atoms with Crippen molar-refractivity contribution in [1.29, 1.82) is 0 Å². The number of rotatable bonds is 4. The Hall–Kier alpha value is -0.650. The summed E-state index contributed by atoms with van der Waals surface area (Å²) >= 11 is 7.11. The van der Waals surface area contributed by atoms with Gasteiger partial charge in [-0.25, -0.2) is 4.68 Å². The van der Waals surface area contributed by atoms with E-state index in [9.17, 15) is 0 Å². The topological polar surface area (TPSA) is 29.9 Å². The molecule has 2 aromatic rings. The standard InChI is InChI=1S/C14H17Br2N3/c1-4-17-8-11-7-12(15)5-6-13(11)19-10(3)14(16)9(2)18-19/h5-7,17H,4,8H2,1-3H3. The summed E-state index contributed by atoms with van der Waals surface area (Å²) in [6.45, 7) is 7.98. The van der Waals surface area contributed by atoms with Crippen LogP contribution < -0.4 is 5.32 Å². The van der Waals surface area contributed by atoms with E-state index < -0.39 is 0 Å². The van der Waals surface area contributed by atoms with E-state index in [0.717, 1.165) is 39.1 Å². The van der Waals surface area contributed by atoms with Gasteiger partial charge in [0, 0.05) is 11.0 Å². The lowest BCUT2D eigenvalue weighted by atomic mass is 10.1. The first-order valence-corrected chi connectivity index (χ1v) is 7.84. The van der Waals surface area contributed by atoms with Gasteiger partial charge in [-0.3, -0.25) is 0 Å². The molecule has 0 aliphatic rings. The van der Waals surface area contributed by atoms with E-state index in [1.165, 1.54) is 5.56 Å². The van der Waals surface area contributed by atoms with Crippen LogP contribution in [0.4, 0.5) is 0 Å². The third-order valence-corrected chi connectivity index (χ3v) is 4.68. The molecule has 0 spiro atoms.